The summed E-state index contributed by atoms with van der Waals surface area (Å²) in [7, 11) is 5.98. The Balaban J connectivity index is 1.52. The molecule has 0 fully saturated rings. The SMILES string of the molecule is CC1=CC(O/C=C2\Cc3c(n(C)c4ccc(-c5ccccc5N(C)C)cc34)C2=O)OC1=O. The van der Waals surface area contributed by atoms with Crippen molar-refractivity contribution in [3.63, 3.8) is 0 Å². The lowest BCUT2D eigenvalue weighted by Crippen LogP contribution is -2.11. The maximum Gasteiger partial charge on any atom is 0.336 e. The molecule has 0 saturated heterocycles. The predicted molar refractivity (Wildman–Crippen MR) is 124 cm³/mol. The summed E-state index contributed by atoms with van der Waals surface area (Å²) in [6.45, 7) is 1.67. The molecule has 1 aliphatic heterocycles. The second kappa shape index (κ2) is 7.41. The minimum Gasteiger partial charge on any atom is -0.458 e. The molecule has 3 aromatic rings. The van der Waals surface area contributed by atoms with Crippen LogP contribution in [0.5, 0.6) is 0 Å². The van der Waals surface area contributed by atoms with Crippen molar-refractivity contribution in [2.24, 2.45) is 7.05 Å². The number of para-hydroxylation sites is 1. The summed E-state index contributed by atoms with van der Waals surface area (Å²) < 4.78 is 12.6. The molecule has 1 aliphatic carbocycles. The van der Waals surface area contributed by atoms with Gasteiger partial charge in [0.15, 0.2) is 0 Å². The average molecular weight is 428 g/mol. The Hall–Kier alpha value is -3.80. The molecule has 6 heteroatoms. The van der Waals surface area contributed by atoms with Crippen LogP contribution in [0.3, 0.4) is 0 Å². The molecule has 0 spiro atoms. The van der Waals surface area contributed by atoms with Gasteiger partial charge in [-0.3, -0.25) is 4.79 Å². The zero-order chi connectivity index (χ0) is 22.6. The molecule has 1 atom stereocenters. The molecule has 32 heavy (non-hydrogen) atoms. The maximum atomic E-state index is 13.1. The number of aromatic nitrogens is 1. The Bertz CT molecular complexity index is 1340. The van der Waals surface area contributed by atoms with Crippen molar-refractivity contribution in [3.8, 4) is 11.1 Å². The fourth-order valence-electron chi connectivity index (χ4n) is 4.50. The Morgan fingerprint density at radius 1 is 1.16 bits per heavy atom. The number of ketones is 1. The van der Waals surface area contributed by atoms with Crippen molar-refractivity contribution in [2.45, 2.75) is 19.6 Å². The predicted octanol–water partition coefficient (Wildman–Crippen LogP) is 4.38. The molecule has 6 nitrogen and oxygen atoms in total. The lowest BCUT2D eigenvalue weighted by molar-refractivity contribution is -0.152. The number of carbonyl (C=O) groups is 2. The van der Waals surface area contributed by atoms with Crippen molar-refractivity contribution in [1.29, 1.82) is 0 Å². The van der Waals surface area contributed by atoms with Crippen LogP contribution >= 0.6 is 0 Å². The molecule has 0 radical (unpaired) electrons. The van der Waals surface area contributed by atoms with E-state index in [0.717, 1.165) is 33.3 Å². The Morgan fingerprint density at radius 2 is 1.94 bits per heavy atom. The highest BCUT2D eigenvalue weighted by Gasteiger charge is 2.32. The second-order valence-electron chi connectivity index (χ2n) is 8.44. The van der Waals surface area contributed by atoms with Gasteiger partial charge in [-0.15, -0.1) is 0 Å². The van der Waals surface area contributed by atoms with E-state index in [9.17, 15) is 9.59 Å². The van der Waals surface area contributed by atoms with Gasteiger partial charge in [0.05, 0.1) is 12.0 Å². The molecular weight excluding hydrogens is 404 g/mol. The Morgan fingerprint density at radius 3 is 2.66 bits per heavy atom. The van der Waals surface area contributed by atoms with E-state index in [0.29, 0.717) is 23.3 Å². The van der Waals surface area contributed by atoms with Gasteiger partial charge in [-0.1, -0.05) is 24.3 Å². The lowest BCUT2D eigenvalue weighted by Gasteiger charge is -2.17. The summed E-state index contributed by atoms with van der Waals surface area (Å²) in [6, 6.07) is 14.6. The standard InChI is InChI=1S/C26H24N2O4/c1-15-11-23(32-26(15)30)31-14-17-13-20-19-12-16(18-7-5-6-8-21(18)27(2)3)9-10-22(19)28(4)24(20)25(17)29/h5-12,14,23H,13H2,1-4H3/b17-14+. The van der Waals surface area contributed by atoms with Crippen LogP contribution in [0.25, 0.3) is 22.0 Å². The molecule has 0 N–H and O–H groups in total. The minimum atomic E-state index is -0.780. The van der Waals surface area contributed by atoms with Crippen LogP contribution in [0.4, 0.5) is 5.69 Å². The average Bonchev–Trinajstić information content (AvgIpc) is 3.38. The summed E-state index contributed by atoms with van der Waals surface area (Å²) >= 11 is 0. The summed E-state index contributed by atoms with van der Waals surface area (Å²) in [4.78, 5) is 26.7. The van der Waals surface area contributed by atoms with Crippen molar-refractivity contribution < 1.29 is 19.1 Å². The third-order valence-electron chi connectivity index (χ3n) is 6.15. The summed E-state index contributed by atoms with van der Waals surface area (Å²) in [5.41, 5.74) is 7.16. The lowest BCUT2D eigenvalue weighted by atomic mass is 10.00. The number of hydrogen-bond donors (Lipinski definition) is 0. The molecule has 2 aliphatic rings. The normalized spacial score (nSPS) is 18.8. The van der Waals surface area contributed by atoms with Crippen molar-refractivity contribution >= 4 is 28.3 Å². The highest BCUT2D eigenvalue weighted by Crippen LogP contribution is 2.38. The highest BCUT2D eigenvalue weighted by molar-refractivity contribution is 6.16. The van der Waals surface area contributed by atoms with Crippen molar-refractivity contribution in [1.82, 2.24) is 4.57 Å². The number of anilines is 1. The fraction of sp³-hybridized carbons (Fsp3) is 0.231. The first-order valence-electron chi connectivity index (χ1n) is 10.5. The quantitative estimate of drug-likeness (QED) is 0.351. The van der Waals surface area contributed by atoms with Crippen LogP contribution < -0.4 is 4.90 Å². The molecule has 0 amide bonds. The number of nitrogens with zero attached hydrogens (tertiary/aromatic N) is 2. The first-order valence-corrected chi connectivity index (χ1v) is 10.5. The number of allylic oxidation sites excluding steroid dienone is 1. The van der Waals surface area contributed by atoms with E-state index < -0.39 is 12.3 Å². The number of ether oxygens (including phenoxy) is 2. The molecule has 2 heterocycles. The van der Waals surface area contributed by atoms with Gasteiger partial charge in [0.1, 0.15) is 0 Å². The van der Waals surface area contributed by atoms with E-state index in [4.69, 9.17) is 9.47 Å². The molecule has 0 bridgehead atoms. The van der Waals surface area contributed by atoms with E-state index in [-0.39, 0.29) is 5.78 Å². The van der Waals surface area contributed by atoms with Crippen LogP contribution in [-0.2, 0) is 27.7 Å². The zero-order valence-corrected chi connectivity index (χ0v) is 18.5. The number of carbonyl (C=O) groups excluding carboxylic acids is 2. The van der Waals surface area contributed by atoms with Crippen LogP contribution in [0.15, 0.2) is 65.9 Å². The van der Waals surface area contributed by atoms with Gasteiger partial charge in [0.2, 0.25) is 5.78 Å². The topological polar surface area (TPSA) is 60.8 Å². The number of aryl methyl sites for hydroxylation is 1. The van der Waals surface area contributed by atoms with E-state index in [1.807, 2.05) is 37.8 Å². The first-order chi connectivity index (χ1) is 15.3. The maximum absolute atomic E-state index is 13.1. The number of fused-ring (bicyclic) bond motifs is 3. The van der Waals surface area contributed by atoms with Gasteiger partial charge < -0.3 is 18.9 Å². The largest absolute Gasteiger partial charge is 0.458 e. The number of hydrogen-bond acceptors (Lipinski definition) is 5. The van der Waals surface area contributed by atoms with Crippen molar-refractivity contribution in [3.05, 3.63) is 77.2 Å². The third kappa shape index (κ3) is 3.11. The number of rotatable bonds is 4. The van der Waals surface area contributed by atoms with Crippen LogP contribution in [0, 0.1) is 0 Å². The van der Waals surface area contributed by atoms with Gasteiger partial charge in [-0.05, 0) is 36.2 Å². The number of cyclic esters (lactones) is 1. The molecule has 1 aromatic heterocycles. The number of benzene rings is 2. The molecule has 162 valence electrons. The van der Waals surface area contributed by atoms with Crippen LogP contribution in [0.2, 0.25) is 0 Å². The molecule has 0 saturated carbocycles. The van der Waals surface area contributed by atoms with Crippen molar-refractivity contribution in [2.75, 3.05) is 19.0 Å². The van der Waals surface area contributed by atoms with Gasteiger partial charge in [0.25, 0.3) is 6.29 Å². The van der Waals surface area contributed by atoms with Crippen LogP contribution in [0.1, 0.15) is 23.0 Å². The van der Waals surface area contributed by atoms with Gasteiger partial charge in [-0.25, -0.2) is 4.79 Å². The van der Waals surface area contributed by atoms with Gasteiger partial charge >= 0.3 is 5.97 Å². The molecular formula is C26H24N2O4. The molecule has 5 rings (SSSR count). The van der Waals surface area contributed by atoms with E-state index >= 15 is 0 Å². The van der Waals surface area contributed by atoms with Gasteiger partial charge in [0, 0.05) is 66.9 Å². The molecule has 2 aromatic carbocycles. The smallest absolute Gasteiger partial charge is 0.336 e. The van der Waals surface area contributed by atoms with E-state index in [2.05, 4.69) is 35.2 Å². The van der Waals surface area contributed by atoms with Gasteiger partial charge in [-0.2, -0.15) is 0 Å². The third-order valence-corrected chi connectivity index (χ3v) is 6.15. The summed E-state index contributed by atoms with van der Waals surface area (Å²) in [5, 5.41) is 1.06. The molecule has 1 unspecified atom stereocenters. The van der Waals surface area contributed by atoms with E-state index in [1.54, 1.807) is 13.0 Å². The Kier molecular flexibility index (Phi) is 4.66. The first kappa shape index (κ1) is 20.1. The zero-order valence-electron chi connectivity index (χ0n) is 18.5. The Labute approximate surface area is 186 Å². The highest BCUT2D eigenvalue weighted by atomic mass is 16.7. The monoisotopic (exact) mass is 428 g/mol. The number of esters is 1. The second-order valence-corrected chi connectivity index (χ2v) is 8.44. The minimum absolute atomic E-state index is 0.0565. The van der Waals surface area contributed by atoms with Crippen LogP contribution in [-0.4, -0.2) is 36.7 Å². The number of Topliss-reactive ketones (excluding diaryl/α,β-unsaturated/α-hetero) is 1. The summed E-state index contributed by atoms with van der Waals surface area (Å²) in [5.74, 6) is -0.454. The van der Waals surface area contributed by atoms with E-state index in [1.165, 1.54) is 6.26 Å². The summed E-state index contributed by atoms with van der Waals surface area (Å²) in [6.07, 6.45) is 2.74. The fourth-order valence-corrected chi connectivity index (χ4v) is 4.50.